The molecule has 0 atom stereocenters. The Labute approximate surface area is 107 Å². The van der Waals surface area contributed by atoms with Crippen LogP contribution in [0, 0.1) is 0 Å². The van der Waals surface area contributed by atoms with E-state index in [0.29, 0.717) is 0 Å². The summed E-state index contributed by atoms with van der Waals surface area (Å²) in [6.07, 6.45) is 5.06. The lowest BCUT2D eigenvalue weighted by molar-refractivity contribution is 0.600. The van der Waals surface area contributed by atoms with Gasteiger partial charge in [-0.3, -0.25) is 14.5 Å². The molecule has 0 bridgehead atoms. The predicted molar refractivity (Wildman–Crippen MR) is 64.9 cm³/mol. The normalized spacial score (nSPS) is 11.2. The molecule has 2 heterocycles. The molecule has 9 heteroatoms. The van der Waals surface area contributed by atoms with Crippen LogP contribution >= 0.6 is 11.6 Å². The number of aromatic amines is 1. The van der Waals surface area contributed by atoms with E-state index in [4.69, 9.17) is 11.6 Å². The van der Waals surface area contributed by atoms with E-state index in [1.54, 1.807) is 0 Å². The number of halogens is 1. The van der Waals surface area contributed by atoms with Crippen molar-refractivity contribution in [2.45, 2.75) is 4.90 Å². The molecule has 0 aliphatic heterocycles. The van der Waals surface area contributed by atoms with E-state index in [9.17, 15) is 13.2 Å². The van der Waals surface area contributed by atoms with E-state index in [-0.39, 0.29) is 15.7 Å². The van der Waals surface area contributed by atoms with Gasteiger partial charge in [0, 0.05) is 18.6 Å². The van der Waals surface area contributed by atoms with Crippen LogP contribution in [-0.4, -0.2) is 23.4 Å². The van der Waals surface area contributed by atoms with Crippen molar-refractivity contribution >= 4 is 27.4 Å². The van der Waals surface area contributed by atoms with Gasteiger partial charge in [-0.15, -0.1) is 0 Å². The number of hydrogen-bond donors (Lipinski definition) is 2. The van der Waals surface area contributed by atoms with Crippen molar-refractivity contribution in [1.82, 2.24) is 15.0 Å². The van der Waals surface area contributed by atoms with E-state index in [1.165, 1.54) is 18.6 Å². The minimum Gasteiger partial charge on any atom is -0.326 e. The quantitative estimate of drug-likeness (QED) is 0.860. The van der Waals surface area contributed by atoms with Crippen LogP contribution in [0.3, 0.4) is 0 Å². The third kappa shape index (κ3) is 2.66. The summed E-state index contributed by atoms with van der Waals surface area (Å²) < 4.78 is 26.0. The van der Waals surface area contributed by atoms with Crippen molar-refractivity contribution in [3.05, 3.63) is 46.2 Å². The van der Waals surface area contributed by atoms with E-state index in [1.807, 2.05) is 0 Å². The first-order chi connectivity index (χ1) is 8.49. The highest BCUT2D eigenvalue weighted by Gasteiger charge is 2.16. The topological polar surface area (TPSA) is 105 Å². The first-order valence-corrected chi connectivity index (χ1v) is 6.52. The molecular weight excluding hydrogens is 280 g/mol. The number of pyridine rings is 1. The van der Waals surface area contributed by atoms with Crippen molar-refractivity contribution < 1.29 is 8.42 Å². The number of sulfonamides is 1. The lowest BCUT2D eigenvalue weighted by Gasteiger charge is -2.06. The van der Waals surface area contributed by atoms with Crippen LogP contribution in [0.25, 0.3) is 0 Å². The molecule has 2 N–H and O–H groups in total. The van der Waals surface area contributed by atoms with E-state index in [0.717, 1.165) is 12.3 Å². The molecule has 0 radical (unpaired) electrons. The summed E-state index contributed by atoms with van der Waals surface area (Å²) in [6.45, 7) is 0. The number of rotatable bonds is 3. The Hall–Kier alpha value is -1.93. The average Bonchev–Trinajstić information content (AvgIpc) is 2.33. The van der Waals surface area contributed by atoms with Gasteiger partial charge >= 0.3 is 0 Å². The van der Waals surface area contributed by atoms with Crippen molar-refractivity contribution in [1.29, 1.82) is 0 Å². The molecule has 94 valence electrons. The molecule has 0 unspecified atom stereocenters. The fourth-order valence-corrected chi connectivity index (χ4v) is 2.36. The number of H-pyrrole nitrogens is 1. The second kappa shape index (κ2) is 4.75. The summed E-state index contributed by atoms with van der Waals surface area (Å²) in [7, 11) is -3.86. The summed E-state index contributed by atoms with van der Waals surface area (Å²) in [6, 6.07) is 1.05. The Morgan fingerprint density at radius 1 is 1.33 bits per heavy atom. The maximum absolute atomic E-state index is 11.9. The van der Waals surface area contributed by atoms with Gasteiger partial charge in [0.15, 0.2) is 5.82 Å². The molecular formula is C9H7ClN4O3S. The standard InChI is InChI=1S/C9H7ClN4O3S/c10-7-3-6(4-13-9(7)15)18(16,17)14-8-5-11-1-2-12-8/h1-5H,(H,12,14)(H,13,15). The van der Waals surface area contributed by atoms with Gasteiger partial charge in [-0.05, 0) is 6.07 Å². The lowest BCUT2D eigenvalue weighted by Crippen LogP contribution is -2.16. The van der Waals surface area contributed by atoms with E-state index >= 15 is 0 Å². The Balaban J connectivity index is 2.37. The molecule has 0 spiro atoms. The highest BCUT2D eigenvalue weighted by Crippen LogP contribution is 2.14. The van der Waals surface area contributed by atoms with Gasteiger partial charge in [-0.25, -0.2) is 13.4 Å². The minimum absolute atomic E-state index is 0.0693. The number of nitrogens with one attached hydrogen (secondary N) is 2. The average molecular weight is 287 g/mol. The van der Waals surface area contributed by atoms with E-state index < -0.39 is 15.6 Å². The van der Waals surface area contributed by atoms with Crippen molar-refractivity contribution in [2.24, 2.45) is 0 Å². The minimum atomic E-state index is -3.86. The van der Waals surface area contributed by atoms with Crippen LogP contribution in [0.4, 0.5) is 5.82 Å². The largest absolute Gasteiger partial charge is 0.326 e. The zero-order valence-electron chi connectivity index (χ0n) is 8.79. The summed E-state index contributed by atoms with van der Waals surface area (Å²) in [5, 5.41) is -0.211. The molecule has 2 aromatic heterocycles. The number of aromatic nitrogens is 3. The van der Waals surface area contributed by atoms with Gasteiger partial charge in [-0.2, -0.15) is 0 Å². The number of anilines is 1. The van der Waals surface area contributed by atoms with Gasteiger partial charge < -0.3 is 4.98 Å². The van der Waals surface area contributed by atoms with Crippen LogP contribution in [0.2, 0.25) is 5.02 Å². The first-order valence-electron chi connectivity index (χ1n) is 4.66. The summed E-state index contributed by atoms with van der Waals surface area (Å²) in [4.78, 5) is 20.6. The lowest BCUT2D eigenvalue weighted by atomic mass is 10.5. The zero-order chi connectivity index (χ0) is 13.2. The Kier molecular flexibility index (Phi) is 3.30. The second-order valence-corrected chi connectivity index (χ2v) is 5.30. The SMILES string of the molecule is O=c1[nH]cc(S(=O)(=O)Nc2cnccn2)cc1Cl. The molecule has 0 aliphatic rings. The molecule has 0 saturated carbocycles. The molecule has 0 aliphatic carbocycles. The van der Waals surface area contributed by atoms with Gasteiger partial charge in [0.1, 0.15) is 9.92 Å². The molecule has 7 nitrogen and oxygen atoms in total. The Bertz CT molecular complexity index is 714. The monoisotopic (exact) mass is 286 g/mol. The third-order valence-corrected chi connectivity index (χ3v) is 3.56. The Morgan fingerprint density at radius 2 is 2.11 bits per heavy atom. The highest BCUT2D eigenvalue weighted by molar-refractivity contribution is 7.92. The fraction of sp³-hybridized carbons (Fsp3) is 0. The molecule has 2 rings (SSSR count). The van der Waals surface area contributed by atoms with Crippen LogP contribution < -0.4 is 10.3 Å². The maximum Gasteiger partial charge on any atom is 0.266 e. The summed E-state index contributed by atoms with van der Waals surface area (Å²) in [5.41, 5.74) is -0.560. The van der Waals surface area contributed by atoms with Crippen molar-refractivity contribution in [3.63, 3.8) is 0 Å². The molecule has 0 fully saturated rings. The molecule has 0 saturated heterocycles. The van der Waals surface area contributed by atoms with Gasteiger partial charge in [0.05, 0.1) is 6.20 Å². The van der Waals surface area contributed by atoms with Crippen molar-refractivity contribution in [2.75, 3.05) is 4.72 Å². The van der Waals surface area contributed by atoms with Crippen LogP contribution in [0.15, 0.2) is 40.5 Å². The molecule has 2 aromatic rings. The fourth-order valence-electron chi connectivity index (χ4n) is 1.14. The van der Waals surface area contributed by atoms with Crippen LogP contribution in [0.5, 0.6) is 0 Å². The van der Waals surface area contributed by atoms with Crippen LogP contribution in [0.1, 0.15) is 0 Å². The number of hydrogen-bond acceptors (Lipinski definition) is 5. The van der Waals surface area contributed by atoms with Crippen molar-refractivity contribution in [3.8, 4) is 0 Å². The van der Waals surface area contributed by atoms with Gasteiger partial charge in [0.2, 0.25) is 0 Å². The smallest absolute Gasteiger partial charge is 0.266 e. The second-order valence-electron chi connectivity index (χ2n) is 3.21. The predicted octanol–water partition coefficient (Wildman–Crippen LogP) is 0.619. The van der Waals surface area contributed by atoms with Gasteiger partial charge in [-0.1, -0.05) is 11.6 Å². The van der Waals surface area contributed by atoms with Gasteiger partial charge in [0.25, 0.3) is 15.6 Å². The first kappa shape index (κ1) is 12.5. The summed E-state index contributed by atoms with van der Waals surface area (Å²) in [5.74, 6) is 0.0693. The maximum atomic E-state index is 11.9. The molecule has 0 aromatic carbocycles. The third-order valence-electron chi connectivity index (χ3n) is 1.94. The zero-order valence-corrected chi connectivity index (χ0v) is 10.4. The highest BCUT2D eigenvalue weighted by atomic mass is 35.5. The van der Waals surface area contributed by atoms with E-state index in [2.05, 4.69) is 19.7 Å². The Morgan fingerprint density at radius 3 is 2.72 bits per heavy atom. The number of nitrogens with zero attached hydrogens (tertiary/aromatic N) is 2. The molecule has 18 heavy (non-hydrogen) atoms. The summed E-state index contributed by atoms with van der Waals surface area (Å²) >= 11 is 5.56. The van der Waals surface area contributed by atoms with Crippen LogP contribution in [-0.2, 0) is 10.0 Å². The molecule has 0 amide bonds.